The molecule has 1 N–H and O–H groups in total. The molecule has 9 heteroatoms. The van der Waals surface area contributed by atoms with Gasteiger partial charge in [0.2, 0.25) is 0 Å². The summed E-state index contributed by atoms with van der Waals surface area (Å²) in [5, 5.41) is 9.67. The van der Waals surface area contributed by atoms with Crippen molar-refractivity contribution in [3.8, 4) is 0 Å². The van der Waals surface area contributed by atoms with Gasteiger partial charge in [-0.25, -0.2) is 4.79 Å². The third kappa shape index (κ3) is 48.9. The molecule has 2 atom stereocenters. The van der Waals surface area contributed by atoms with Gasteiger partial charge >= 0.3 is 17.9 Å². The summed E-state index contributed by atoms with van der Waals surface area (Å²) in [6, 6.07) is 0. The average molecular weight is 929 g/mol. The normalized spacial score (nSPS) is 14.1. The van der Waals surface area contributed by atoms with Crippen molar-refractivity contribution >= 4 is 17.9 Å². The smallest absolute Gasteiger partial charge is 0.361 e. The molecule has 0 radical (unpaired) electrons. The number of allylic oxidation sites excluding steroid dienone is 24. The number of carboxylic acid groups (broad SMARTS) is 1. The summed E-state index contributed by atoms with van der Waals surface area (Å²) in [6.45, 7) is 4.48. The summed E-state index contributed by atoms with van der Waals surface area (Å²) in [6.07, 6.45) is 66.4. The van der Waals surface area contributed by atoms with Crippen LogP contribution in [0.5, 0.6) is 0 Å². The SMILES string of the molecule is CC/C=C\C/C=C\C/C=C\C/C=C\C/C=C\C/C=C\CCCCCCC(=O)OC(COC(=O)CC/C=C\C/C=C\C/C=C\C/C=C\C/C=C\C/C=C\CC)COC(OCC[N+](C)(C)C)C(=O)O. The van der Waals surface area contributed by atoms with Crippen molar-refractivity contribution in [3.05, 3.63) is 146 Å². The number of carbonyl (C=O) groups is 3. The van der Waals surface area contributed by atoms with Gasteiger partial charge in [-0.05, 0) is 103 Å². The summed E-state index contributed by atoms with van der Waals surface area (Å²) in [4.78, 5) is 37.2. The highest BCUT2D eigenvalue weighted by Crippen LogP contribution is 2.10. The average Bonchev–Trinajstić information content (AvgIpc) is 3.29. The molecular formula is C58H90NO8+. The molecule has 0 heterocycles. The first-order valence-corrected chi connectivity index (χ1v) is 25.0. The Balaban J connectivity index is 4.57. The maximum absolute atomic E-state index is 12.8. The number of rotatable bonds is 43. The van der Waals surface area contributed by atoms with Crippen LogP contribution in [0.1, 0.15) is 142 Å². The Morgan fingerprint density at radius 2 is 0.836 bits per heavy atom. The zero-order valence-corrected chi connectivity index (χ0v) is 42.2. The van der Waals surface area contributed by atoms with Crippen LogP contribution in [0, 0.1) is 0 Å². The predicted molar refractivity (Wildman–Crippen MR) is 280 cm³/mol. The second-order valence-corrected chi connectivity index (χ2v) is 17.0. The summed E-state index contributed by atoms with van der Waals surface area (Å²) in [5.41, 5.74) is 0. The van der Waals surface area contributed by atoms with Crippen LogP contribution in [0.4, 0.5) is 0 Å². The molecule has 0 aromatic rings. The van der Waals surface area contributed by atoms with Crippen molar-refractivity contribution in [2.75, 3.05) is 47.5 Å². The summed E-state index contributed by atoms with van der Waals surface area (Å²) in [5.74, 6) is -2.18. The highest BCUT2D eigenvalue weighted by molar-refractivity contribution is 5.71. The molecule has 0 fully saturated rings. The van der Waals surface area contributed by atoms with E-state index in [4.69, 9.17) is 18.9 Å². The van der Waals surface area contributed by atoms with E-state index < -0.39 is 30.3 Å². The van der Waals surface area contributed by atoms with Crippen LogP contribution >= 0.6 is 0 Å². The lowest BCUT2D eigenvalue weighted by Crippen LogP contribution is -2.40. The molecule has 0 aliphatic rings. The Hall–Kier alpha value is -4.83. The maximum Gasteiger partial charge on any atom is 0.361 e. The molecule has 2 unspecified atom stereocenters. The number of aliphatic carboxylic acids is 1. The fraction of sp³-hybridized carbons (Fsp3) is 0.534. The Labute approximate surface area is 407 Å². The summed E-state index contributed by atoms with van der Waals surface area (Å²) in [7, 11) is 5.91. The molecule has 0 saturated carbocycles. The van der Waals surface area contributed by atoms with E-state index in [9.17, 15) is 19.5 Å². The predicted octanol–water partition coefficient (Wildman–Crippen LogP) is 14.1. The highest BCUT2D eigenvalue weighted by atomic mass is 16.7. The number of unbranched alkanes of at least 4 members (excludes halogenated alkanes) is 4. The molecule has 374 valence electrons. The van der Waals surface area contributed by atoms with Gasteiger partial charge in [0.05, 0.1) is 34.4 Å². The van der Waals surface area contributed by atoms with Crippen LogP contribution in [0.2, 0.25) is 0 Å². The van der Waals surface area contributed by atoms with E-state index in [1.165, 1.54) is 0 Å². The molecule has 0 bridgehead atoms. The number of nitrogens with zero attached hydrogens (tertiary/aromatic N) is 1. The summed E-state index contributed by atoms with van der Waals surface area (Å²) >= 11 is 0. The zero-order chi connectivity index (χ0) is 49.2. The van der Waals surface area contributed by atoms with Gasteiger partial charge in [0.1, 0.15) is 13.2 Å². The van der Waals surface area contributed by atoms with Gasteiger partial charge < -0.3 is 28.5 Å². The van der Waals surface area contributed by atoms with Gasteiger partial charge in [0, 0.05) is 12.8 Å². The Morgan fingerprint density at radius 3 is 1.24 bits per heavy atom. The first-order valence-electron chi connectivity index (χ1n) is 25.0. The zero-order valence-electron chi connectivity index (χ0n) is 42.2. The molecule has 0 amide bonds. The second kappa shape index (κ2) is 47.7. The van der Waals surface area contributed by atoms with E-state index >= 15 is 0 Å². The minimum absolute atomic E-state index is 0.161. The van der Waals surface area contributed by atoms with E-state index in [2.05, 4.69) is 148 Å². The molecule has 0 saturated heterocycles. The highest BCUT2D eigenvalue weighted by Gasteiger charge is 2.25. The number of quaternary nitrogens is 1. The molecule has 0 aromatic carbocycles. The van der Waals surface area contributed by atoms with Crippen LogP contribution in [0.3, 0.4) is 0 Å². The second-order valence-electron chi connectivity index (χ2n) is 17.0. The van der Waals surface area contributed by atoms with Gasteiger partial charge in [-0.1, -0.05) is 173 Å². The number of hydrogen-bond donors (Lipinski definition) is 1. The van der Waals surface area contributed by atoms with Gasteiger partial charge in [0.25, 0.3) is 6.29 Å². The lowest BCUT2D eigenvalue weighted by molar-refractivity contribution is -0.870. The van der Waals surface area contributed by atoms with Crippen molar-refractivity contribution in [3.63, 3.8) is 0 Å². The van der Waals surface area contributed by atoms with Gasteiger partial charge in [-0.2, -0.15) is 0 Å². The standard InChI is InChI=1S/C58H89NO8/c1-6-8-10-12-14-16-18-20-22-24-26-27-28-29-31-33-35-37-39-41-43-45-47-49-56(61)67-54(53-66-58(57(62)63)64-51-50-59(3,4)5)52-65-55(60)48-46-44-42-40-38-36-34-32-30-25-23-21-19-17-15-13-11-9-7-2/h8-11,14-17,20-23,26-27,29-32,35-38,42,44,54,58H,6-7,12-13,18-19,24-25,28,33-34,39-41,43,45-53H2,1-5H3/p+1/b10-8-,11-9-,16-14-,17-15-,22-20-,23-21-,27-26-,31-29-,32-30-,37-35-,38-36-,44-42-. The molecular weight excluding hydrogens is 839 g/mol. The Bertz CT molecular complexity index is 1600. The van der Waals surface area contributed by atoms with Gasteiger partial charge in [0.15, 0.2) is 6.10 Å². The first kappa shape index (κ1) is 62.2. The van der Waals surface area contributed by atoms with Gasteiger partial charge in [-0.15, -0.1) is 0 Å². The maximum atomic E-state index is 12.8. The minimum Gasteiger partial charge on any atom is -0.477 e. The van der Waals surface area contributed by atoms with Crippen molar-refractivity contribution in [2.24, 2.45) is 0 Å². The number of carbonyl (C=O) groups excluding carboxylic acids is 2. The number of esters is 2. The lowest BCUT2D eigenvalue weighted by Gasteiger charge is -2.25. The minimum atomic E-state index is -1.54. The van der Waals surface area contributed by atoms with Crippen LogP contribution < -0.4 is 0 Å². The largest absolute Gasteiger partial charge is 0.477 e. The Morgan fingerprint density at radius 1 is 0.448 bits per heavy atom. The number of ether oxygens (including phenoxy) is 4. The number of likely N-dealkylation sites (N-methyl/N-ethyl adjacent to an activating group) is 1. The van der Waals surface area contributed by atoms with E-state index in [-0.39, 0.29) is 32.7 Å². The fourth-order valence-electron chi connectivity index (χ4n) is 5.80. The van der Waals surface area contributed by atoms with Crippen LogP contribution in [-0.2, 0) is 33.3 Å². The Kier molecular flexibility index (Phi) is 44.2. The summed E-state index contributed by atoms with van der Waals surface area (Å²) < 4.78 is 22.7. The molecule has 0 aliphatic heterocycles. The van der Waals surface area contributed by atoms with E-state index in [1.807, 2.05) is 33.3 Å². The van der Waals surface area contributed by atoms with Crippen molar-refractivity contribution in [2.45, 2.75) is 155 Å². The molecule has 0 aliphatic carbocycles. The van der Waals surface area contributed by atoms with E-state index in [1.54, 1.807) is 0 Å². The van der Waals surface area contributed by atoms with Crippen molar-refractivity contribution in [1.82, 2.24) is 0 Å². The molecule has 9 nitrogen and oxygen atoms in total. The molecule has 0 rings (SSSR count). The number of hydrogen-bond acceptors (Lipinski definition) is 7. The first-order chi connectivity index (χ1) is 32.6. The van der Waals surface area contributed by atoms with Crippen molar-refractivity contribution < 1.29 is 42.9 Å². The van der Waals surface area contributed by atoms with E-state index in [0.717, 1.165) is 103 Å². The topological polar surface area (TPSA) is 108 Å². The van der Waals surface area contributed by atoms with Crippen LogP contribution in [-0.4, -0.2) is 87.4 Å². The van der Waals surface area contributed by atoms with E-state index in [0.29, 0.717) is 23.9 Å². The molecule has 0 spiro atoms. The van der Waals surface area contributed by atoms with Crippen LogP contribution in [0.15, 0.2) is 146 Å². The molecule has 0 aromatic heterocycles. The van der Waals surface area contributed by atoms with Crippen LogP contribution in [0.25, 0.3) is 0 Å². The number of carboxylic acids is 1. The lowest BCUT2D eigenvalue weighted by atomic mass is 10.1. The van der Waals surface area contributed by atoms with Gasteiger partial charge in [-0.3, -0.25) is 9.59 Å². The monoisotopic (exact) mass is 929 g/mol. The third-order valence-corrected chi connectivity index (χ3v) is 9.60. The van der Waals surface area contributed by atoms with Crippen molar-refractivity contribution in [1.29, 1.82) is 0 Å². The third-order valence-electron chi connectivity index (χ3n) is 9.60. The molecule has 67 heavy (non-hydrogen) atoms. The fourth-order valence-corrected chi connectivity index (χ4v) is 5.80. The quantitative estimate of drug-likeness (QED) is 0.0212.